The fraction of sp³-hybridized carbons (Fsp3) is 0.148. The van der Waals surface area contributed by atoms with E-state index in [4.69, 9.17) is 11.6 Å². The maximum absolute atomic E-state index is 10.6. The summed E-state index contributed by atoms with van der Waals surface area (Å²) < 4.78 is 3.93. The van der Waals surface area contributed by atoms with Crippen molar-refractivity contribution in [2.75, 3.05) is 0 Å². The van der Waals surface area contributed by atoms with Crippen LogP contribution in [0.2, 0.25) is 5.02 Å². The highest BCUT2D eigenvalue weighted by molar-refractivity contribution is 6.32. The lowest BCUT2D eigenvalue weighted by atomic mass is 10.0. The second-order valence-electron chi connectivity index (χ2n) is 8.61. The summed E-state index contributed by atoms with van der Waals surface area (Å²) >= 11 is 6.47. The van der Waals surface area contributed by atoms with E-state index in [9.17, 15) is 5.11 Å². The van der Waals surface area contributed by atoms with Gasteiger partial charge in [-0.3, -0.25) is 0 Å². The molecule has 32 heavy (non-hydrogen) atoms. The van der Waals surface area contributed by atoms with Crippen LogP contribution in [-0.4, -0.2) is 19.5 Å². The number of para-hydroxylation sites is 1. The lowest BCUT2D eigenvalue weighted by molar-refractivity contribution is 0.0734. The number of aromatic nitrogens is 3. The van der Waals surface area contributed by atoms with Gasteiger partial charge in [-0.2, -0.15) is 5.10 Å². The Bertz CT molecular complexity index is 1420. The van der Waals surface area contributed by atoms with E-state index >= 15 is 0 Å². The minimum atomic E-state index is -1.06. The molecule has 0 aliphatic heterocycles. The van der Waals surface area contributed by atoms with Crippen LogP contribution in [0.5, 0.6) is 0 Å². The van der Waals surface area contributed by atoms with Gasteiger partial charge >= 0.3 is 0 Å². The first-order valence-electron chi connectivity index (χ1n) is 10.5. The van der Waals surface area contributed by atoms with Gasteiger partial charge in [-0.15, -0.1) is 0 Å². The third kappa shape index (κ3) is 3.62. The highest BCUT2D eigenvalue weighted by atomic mass is 35.5. The summed E-state index contributed by atoms with van der Waals surface area (Å²) in [6, 6.07) is 26.6. The SMILES string of the molecule is Cn1ccc2cc(-c3ccc(-c4cc(C(C)(C)O)nn4-c4ccccc4Cl)cc3)ccc21. The molecule has 0 radical (unpaired) electrons. The Morgan fingerprint density at radius 2 is 1.53 bits per heavy atom. The van der Waals surface area contributed by atoms with Gasteiger partial charge in [0.2, 0.25) is 0 Å². The molecule has 0 aliphatic carbocycles. The van der Waals surface area contributed by atoms with Crippen molar-refractivity contribution in [2.45, 2.75) is 19.4 Å². The van der Waals surface area contributed by atoms with Crippen LogP contribution in [0.3, 0.4) is 0 Å². The number of hydrogen-bond acceptors (Lipinski definition) is 2. The summed E-state index contributed by atoms with van der Waals surface area (Å²) in [6.45, 7) is 3.47. The average Bonchev–Trinajstić information content (AvgIpc) is 3.38. The van der Waals surface area contributed by atoms with Crippen molar-refractivity contribution in [1.29, 1.82) is 0 Å². The molecule has 1 N–H and O–H groups in total. The topological polar surface area (TPSA) is 43.0 Å². The van der Waals surface area contributed by atoms with Gasteiger partial charge < -0.3 is 9.67 Å². The van der Waals surface area contributed by atoms with Crippen molar-refractivity contribution in [3.05, 3.63) is 95.8 Å². The Hall–Kier alpha value is -3.34. The largest absolute Gasteiger partial charge is 0.384 e. The molecule has 2 aromatic heterocycles. The number of hydrogen-bond donors (Lipinski definition) is 1. The van der Waals surface area contributed by atoms with E-state index < -0.39 is 5.60 Å². The van der Waals surface area contributed by atoms with Crippen LogP contribution < -0.4 is 0 Å². The number of aryl methyl sites for hydroxylation is 1. The first-order chi connectivity index (χ1) is 15.3. The molecule has 0 spiro atoms. The Kier molecular flexibility index (Phi) is 4.92. The van der Waals surface area contributed by atoms with E-state index in [1.54, 1.807) is 18.5 Å². The fourth-order valence-corrected chi connectivity index (χ4v) is 4.20. The normalized spacial score (nSPS) is 11.9. The van der Waals surface area contributed by atoms with Gasteiger partial charge in [-0.05, 0) is 61.4 Å². The molecule has 2 heterocycles. The summed E-state index contributed by atoms with van der Waals surface area (Å²) in [5.41, 5.74) is 5.71. The van der Waals surface area contributed by atoms with Crippen LogP contribution in [0, 0.1) is 0 Å². The van der Waals surface area contributed by atoms with Crippen molar-refractivity contribution in [3.63, 3.8) is 0 Å². The molecule has 0 fully saturated rings. The van der Waals surface area contributed by atoms with Crippen molar-refractivity contribution < 1.29 is 5.11 Å². The van der Waals surface area contributed by atoms with Crippen LogP contribution in [0.15, 0.2) is 85.1 Å². The number of aliphatic hydroxyl groups is 1. The zero-order valence-electron chi connectivity index (χ0n) is 18.2. The number of halogens is 1. The maximum atomic E-state index is 10.6. The standard InChI is InChI=1S/C27H24ClN3O/c1-27(2,32)26-17-25(31(29-26)24-7-5-4-6-22(24)28)19-10-8-18(9-11-19)20-12-13-23-21(16-20)14-15-30(23)3/h4-17,32H,1-3H3. The van der Waals surface area contributed by atoms with Crippen LogP contribution >= 0.6 is 11.6 Å². The average molecular weight is 442 g/mol. The summed E-state index contributed by atoms with van der Waals surface area (Å²) in [6.07, 6.45) is 2.08. The number of fused-ring (bicyclic) bond motifs is 1. The minimum Gasteiger partial charge on any atom is -0.384 e. The van der Waals surface area contributed by atoms with Crippen molar-refractivity contribution >= 4 is 22.5 Å². The monoisotopic (exact) mass is 441 g/mol. The maximum Gasteiger partial charge on any atom is 0.103 e. The molecule has 0 unspecified atom stereocenters. The Morgan fingerprint density at radius 1 is 0.844 bits per heavy atom. The van der Waals surface area contributed by atoms with Crippen molar-refractivity contribution in [2.24, 2.45) is 7.05 Å². The zero-order valence-corrected chi connectivity index (χ0v) is 19.0. The van der Waals surface area contributed by atoms with Gasteiger partial charge in [0.05, 0.1) is 22.1 Å². The highest BCUT2D eigenvalue weighted by Crippen LogP contribution is 2.33. The summed E-state index contributed by atoms with van der Waals surface area (Å²) in [7, 11) is 2.06. The Labute approximate surface area is 192 Å². The summed E-state index contributed by atoms with van der Waals surface area (Å²) in [5, 5.41) is 17.1. The molecule has 0 amide bonds. The van der Waals surface area contributed by atoms with E-state index in [2.05, 4.69) is 71.4 Å². The van der Waals surface area contributed by atoms with Crippen LogP contribution in [0.4, 0.5) is 0 Å². The summed E-state index contributed by atoms with van der Waals surface area (Å²) in [4.78, 5) is 0. The zero-order chi connectivity index (χ0) is 22.5. The summed E-state index contributed by atoms with van der Waals surface area (Å²) in [5.74, 6) is 0. The molecule has 3 aromatic carbocycles. The molecule has 0 saturated carbocycles. The minimum absolute atomic E-state index is 0.589. The molecule has 5 heteroatoms. The first-order valence-corrected chi connectivity index (χ1v) is 10.9. The van der Waals surface area contributed by atoms with E-state index in [1.165, 1.54) is 16.5 Å². The third-order valence-corrected chi connectivity index (χ3v) is 6.14. The fourth-order valence-electron chi connectivity index (χ4n) is 3.99. The van der Waals surface area contributed by atoms with E-state index in [-0.39, 0.29) is 0 Å². The van der Waals surface area contributed by atoms with Gasteiger partial charge in [0.15, 0.2) is 0 Å². The molecule has 4 nitrogen and oxygen atoms in total. The quantitative estimate of drug-likeness (QED) is 0.342. The van der Waals surface area contributed by atoms with Crippen LogP contribution in [-0.2, 0) is 12.6 Å². The van der Waals surface area contributed by atoms with Crippen molar-refractivity contribution in [1.82, 2.24) is 14.3 Å². The Morgan fingerprint density at radius 3 is 2.25 bits per heavy atom. The lowest BCUT2D eigenvalue weighted by Crippen LogP contribution is -2.16. The predicted molar refractivity (Wildman–Crippen MR) is 131 cm³/mol. The first kappa shape index (κ1) is 20.6. The van der Waals surface area contributed by atoms with E-state index in [0.29, 0.717) is 10.7 Å². The van der Waals surface area contributed by atoms with Gasteiger partial charge in [0.25, 0.3) is 0 Å². The van der Waals surface area contributed by atoms with Gasteiger partial charge in [-0.25, -0.2) is 4.68 Å². The molecule has 0 aliphatic rings. The Balaban J connectivity index is 1.58. The second kappa shape index (κ2) is 7.66. The molecule has 5 rings (SSSR count). The van der Waals surface area contributed by atoms with E-state index in [0.717, 1.165) is 22.5 Å². The molecular weight excluding hydrogens is 418 g/mol. The number of nitrogens with zero attached hydrogens (tertiary/aromatic N) is 3. The molecular formula is C27H24ClN3O. The van der Waals surface area contributed by atoms with Gasteiger partial charge in [0, 0.05) is 29.7 Å². The molecule has 0 saturated heterocycles. The molecule has 160 valence electrons. The molecule has 0 bridgehead atoms. The van der Waals surface area contributed by atoms with Crippen LogP contribution in [0.1, 0.15) is 19.5 Å². The van der Waals surface area contributed by atoms with Crippen LogP contribution in [0.25, 0.3) is 39.0 Å². The predicted octanol–water partition coefficient (Wildman–Crippen LogP) is 6.58. The van der Waals surface area contributed by atoms with Gasteiger partial charge in [0.1, 0.15) is 5.60 Å². The second-order valence-corrected chi connectivity index (χ2v) is 9.02. The smallest absolute Gasteiger partial charge is 0.103 e. The third-order valence-electron chi connectivity index (χ3n) is 5.82. The number of benzene rings is 3. The van der Waals surface area contributed by atoms with Gasteiger partial charge in [-0.1, -0.05) is 54.1 Å². The van der Waals surface area contributed by atoms with E-state index in [1.807, 2.05) is 30.3 Å². The molecule has 5 aromatic rings. The van der Waals surface area contributed by atoms with Crippen molar-refractivity contribution in [3.8, 4) is 28.1 Å². The lowest BCUT2D eigenvalue weighted by Gasteiger charge is -2.13. The highest BCUT2D eigenvalue weighted by Gasteiger charge is 2.23. The molecule has 0 atom stereocenters. The number of rotatable bonds is 4.